The molecule has 56 valence electrons. The van der Waals surface area contributed by atoms with E-state index in [0.29, 0.717) is 6.54 Å². The van der Waals surface area contributed by atoms with Crippen molar-refractivity contribution >= 4 is 11.8 Å². The van der Waals surface area contributed by atoms with Crippen molar-refractivity contribution in [3.05, 3.63) is 0 Å². The van der Waals surface area contributed by atoms with Crippen LogP contribution in [0.1, 0.15) is 13.3 Å². The van der Waals surface area contributed by atoms with E-state index in [0.717, 1.165) is 17.9 Å². The number of nitrogens with two attached hydrogens (primary N) is 1. The summed E-state index contributed by atoms with van der Waals surface area (Å²) in [5.74, 6) is 1.90. The Hall–Kier alpha value is 0.270. The maximum atomic E-state index is 9.08. The molecule has 1 unspecified atom stereocenters. The van der Waals surface area contributed by atoms with E-state index >= 15 is 0 Å². The van der Waals surface area contributed by atoms with Crippen LogP contribution in [0.3, 0.4) is 0 Å². The summed E-state index contributed by atoms with van der Waals surface area (Å²) < 4.78 is 0. The Morgan fingerprint density at radius 1 is 1.67 bits per heavy atom. The predicted octanol–water partition coefficient (Wildman–Crippen LogP) is 0.449. The van der Waals surface area contributed by atoms with Gasteiger partial charge in [-0.05, 0) is 18.7 Å². The van der Waals surface area contributed by atoms with Gasteiger partial charge in [-0.1, -0.05) is 6.92 Å². The molecule has 0 heterocycles. The van der Waals surface area contributed by atoms with E-state index in [9.17, 15) is 0 Å². The van der Waals surface area contributed by atoms with E-state index in [1.807, 2.05) is 0 Å². The van der Waals surface area contributed by atoms with Crippen molar-refractivity contribution in [2.24, 2.45) is 5.73 Å². The van der Waals surface area contributed by atoms with Crippen LogP contribution in [-0.4, -0.2) is 29.3 Å². The van der Waals surface area contributed by atoms with Gasteiger partial charge in [-0.3, -0.25) is 0 Å². The van der Waals surface area contributed by atoms with Crippen molar-refractivity contribution in [1.82, 2.24) is 0 Å². The van der Waals surface area contributed by atoms with Crippen LogP contribution >= 0.6 is 11.8 Å². The fourth-order valence-electron chi connectivity index (χ4n) is 0.530. The Morgan fingerprint density at radius 3 is 2.78 bits per heavy atom. The van der Waals surface area contributed by atoms with E-state index in [4.69, 9.17) is 10.8 Å². The molecule has 0 fully saturated rings. The molecule has 0 aliphatic rings. The Morgan fingerprint density at radius 2 is 2.33 bits per heavy atom. The van der Waals surface area contributed by atoms with Crippen molar-refractivity contribution in [1.29, 1.82) is 0 Å². The Labute approximate surface area is 60.8 Å². The largest absolute Gasteiger partial charge is 0.392 e. The van der Waals surface area contributed by atoms with Gasteiger partial charge < -0.3 is 10.8 Å². The first-order chi connectivity index (χ1) is 4.31. The zero-order valence-electron chi connectivity index (χ0n) is 5.84. The van der Waals surface area contributed by atoms with Gasteiger partial charge in [-0.25, -0.2) is 0 Å². The first kappa shape index (κ1) is 9.27. The van der Waals surface area contributed by atoms with Crippen LogP contribution in [0.15, 0.2) is 0 Å². The molecule has 9 heavy (non-hydrogen) atoms. The minimum absolute atomic E-state index is 0.194. The lowest BCUT2D eigenvalue weighted by Gasteiger charge is -2.05. The van der Waals surface area contributed by atoms with Crippen molar-refractivity contribution in [2.75, 3.05) is 18.1 Å². The zero-order chi connectivity index (χ0) is 7.11. The van der Waals surface area contributed by atoms with Gasteiger partial charge in [0.25, 0.3) is 0 Å². The summed E-state index contributed by atoms with van der Waals surface area (Å²) in [5, 5.41) is 9.08. The predicted molar refractivity (Wildman–Crippen MR) is 42.7 cm³/mol. The van der Waals surface area contributed by atoms with Gasteiger partial charge in [0.2, 0.25) is 0 Å². The van der Waals surface area contributed by atoms with Crippen molar-refractivity contribution in [2.45, 2.75) is 19.4 Å². The molecule has 0 aliphatic carbocycles. The lowest BCUT2D eigenvalue weighted by atomic mass is 10.3. The third kappa shape index (κ3) is 6.15. The average Bonchev–Trinajstić information content (AvgIpc) is 1.85. The standard InChI is InChI=1S/C6H15NOS/c1-2-9-5-6(8)3-4-7/h6,8H,2-5,7H2,1H3. The molecule has 0 amide bonds. The van der Waals surface area contributed by atoms with Gasteiger partial charge in [-0.2, -0.15) is 11.8 Å². The second kappa shape index (κ2) is 6.39. The van der Waals surface area contributed by atoms with E-state index in [1.54, 1.807) is 11.8 Å². The molecule has 3 N–H and O–H groups in total. The van der Waals surface area contributed by atoms with Crippen LogP contribution in [0.25, 0.3) is 0 Å². The number of aliphatic hydroxyl groups is 1. The first-order valence-electron chi connectivity index (χ1n) is 3.27. The molecule has 0 aromatic heterocycles. The molecular weight excluding hydrogens is 134 g/mol. The van der Waals surface area contributed by atoms with Crippen LogP contribution in [0.5, 0.6) is 0 Å². The summed E-state index contributed by atoms with van der Waals surface area (Å²) in [6.07, 6.45) is 0.535. The molecule has 2 nitrogen and oxygen atoms in total. The van der Waals surface area contributed by atoms with E-state index < -0.39 is 0 Å². The summed E-state index contributed by atoms with van der Waals surface area (Å²) in [6, 6.07) is 0. The summed E-state index contributed by atoms with van der Waals surface area (Å²) in [4.78, 5) is 0. The van der Waals surface area contributed by atoms with Crippen LogP contribution in [-0.2, 0) is 0 Å². The van der Waals surface area contributed by atoms with Crippen molar-refractivity contribution in [3.63, 3.8) is 0 Å². The summed E-state index contributed by atoms with van der Waals surface area (Å²) in [7, 11) is 0. The molecular formula is C6H15NOS. The molecule has 0 bridgehead atoms. The monoisotopic (exact) mass is 149 g/mol. The van der Waals surface area contributed by atoms with Crippen LogP contribution in [0.4, 0.5) is 0 Å². The van der Waals surface area contributed by atoms with Crippen LogP contribution in [0.2, 0.25) is 0 Å². The number of rotatable bonds is 5. The van der Waals surface area contributed by atoms with Gasteiger partial charge in [0, 0.05) is 5.75 Å². The normalized spacial score (nSPS) is 13.7. The SMILES string of the molecule is CCSCC(O)CCN. The molecule has 0 spiro atoms. The van der Waals surface area contributed by atoms with Crippen molar-refractivity contribution in [3.8, 4) is 0 Å². The lowest BCUT2D eigenvalue weighted by Crippen LogP contribution is -2.15. The zero-order valence-corrected chi connectivity index (χ0v) is 6.66. The summed E-state index contributed by atoms with van der Waals surface area (Å²) >= 11 is 1.75. The van der Waals surface area contributed by atoms with Gasteiger partial charge in [0.05, 0.1) is 6.10 Å². The summed E-state index contributed by atoms with van der Waals surface area (Å²) in [5.41, 5.74) is 5.23. The number of hydrogen-bond acceptors (Lipinski definition) is 3. The molecule has 0 rings (SSSR count). The molecule has 0 radical (unpaired) electrons. The minimum atomic E-state index is -0.194. The average molecular weight is 149 g/mol. The topological polar surface area (TPSA) is 46.2 Å². The molecule has 0 aliphatic heterocycles. The minimum Gasteiger partial charge on any atom is -0.392 e. The Balaban J connectivity index is 2.95. The number of hydrogen-bond donors (Lipinski definition) is 2. The second-order valence-electron chi connectivity index (χ2n) is 1.89. The molecule has 0 saturated heterocycles. The number of thioether (sulfide) groups is 1. The highest BCUT2D eigenvalue weighted by atomic mass is 32.2. The Bertz CT molecular complexity index is 61.0. The van der Waals surface area contributed by atoms with Gasteiger partial charge in [0.15, 0.2) is 0 Å². The van der Waals surface area contributed by atoms with E-state index in [-0.39, 0.29) is 6.10 Å². The molecule has 0 aromatic carbocycles. The van der Waals surface area contributed by atoms with Crippen LogP contribution in [0, 0.1) is 0 Å². The quantitative estimate of drug-likeness (QED) is 0.596. The van der Waals surface area contributed by atoms with Gasteiger partial charge >= 0.3 is 0 Å². The molecule has 0 aromatic rings. The van der Waals surface area contributed by atoms with Crippen molar-refractivity contribution < 1.29 is 5.11 Å². The van der Waals surface area contributed by atoms with E-state index in [1.165, 1.54) is 0 Å². The Kier molecular flexibility index (Phi) is 6.58. The molecule has 0 saturated carbocycles. The second-order valence-corrected chi connectivity index (χ2v) is 3.21. The fourth-order valence-corrected chi connectivity index (χ4v) is 1.20. The molecule has 1 atom stereocenters. The highest BCUT2D eigenvalue weighted by molar-refractivity contribution is 7.99. The molecule has 3 heteroatoms. The highest BCUT2D eigenvalue weighted by Gasteiger charge is 1.99. The smallest absolute Gasteiger partial charge is 0.0642 e. The summed E-state index contributed by atoms with van der Waals surface area (Å²) in [6.45, 7) is 2.67. The number of aliphatic hydroxyl groups excluding tert-OH is 1. The van der Waals surface area contributed by atoms with Crippen LogP contribution < -0.4 is 5.73 Å². The highest BCUT2D eigenvalue weighted by Crippen LogP contribution is 2.03. The lowest BCUT2D eigenvalue weighted by molar-refractivity contribution is 0.192. The first-order valence-corrected chi connectivity index (χ1v) is 4.42. The maximum absolute atomic E-state index is 9.08. The fraction of sp³-hybridized carbons (Fsp3) is 1.00. The van der Waals surface area contributed by atoms with Gasteiger partial charge in [-0.15, -0.1) is 0 Å². The third-order valence-corrected chi connectivity index (χ3v) is 2.04. The van der Waals surface area contributed by atoms with E-state index in [2.05, 4.69) is 6.92 Å². The third-order valence-electron chi connectivity index (χ3n) is 1.01. The maximum Gasteiger partial charge on any atom is 0.0642 e. The van der Waals surface area contributed by atoms with Gasteiger partial charge in [0.1, 0.15) is 0 Å².